The third kappa shape index (κ3) is 6.51. The highest BCUT2D eigenvalue weighted by Crippen LogP contribution is 2.09. The highest BCUT2D eigenvalue weighted by molar-refractivity contribution is 5.82. The lowest BCUT2D eigenvalue weighted by Crippen LogP contribution is -2.46. The minimum Gasteiger partial charge on any atom is -0.508 e. The number of carbonyl (C=O) groups is 1. The summed E-state index contributed by atoms with van der Waals surface area (Å²) < 4.78 is 0. The quantitative estimate of drug-likeness (QED) is 0.581. The zero-order chi connectivity index (χ0) is 18.9. The van der Waals surface area contributed by atoms with Gasteiger partial charge in [0.2, 0.25) is 5.91 Å². The summed E-state index contributed by atoms with van der Waals surface area (Å²) in [5, 5.41) is 13.2. The Balaban J connectivity index is 1.32. The molecular weight excluding hydrogens is 340 g/mol. The van der Waals surface area contributed by atoms with Crippen molar-refractivity contribution in [1.29, 1.82) is 0 Å². The van der Waals surface area contributed by atoms with E-state index < -0.39 is 0 Å². The molecule has 142 valence electrons. The van der Waals surface area contributed by atoms with Crippen molar-refractivity contribution in [3.05, 3.63) is 65.7 Å². The maximum Gasteiger partial charge on any atom is 0.241 e. The number of aromatic hydroxyl groups is 1. The molecule has 1 amide bonds. The van der Waals surface area contributed by atoms with Crippen molar-refractivity contribution in [2.45, 2.75) is 13.0 Å². The molecule has 0 unspecified atom stereocenters. The second-order valence-electron chi connectivity index (χ2n) is 6.74. The van der Waals surface area contributed by atoms with Crippen LogP contribution in [0.1, 0.15) is 17.5 Å². The third-order valence-electron chi connectivity index (χ3n) is 4.66. The molecule has 0 aromatic heterocycles. The number of phenolic OH excluding ortho intramolecular Hbond substituents is 1. The van der Waals surface area contributed by atoms with Crippen molar-refractivity contribution in [2.24, 2.45) is 5.10 Å². The van der Waals surface area contributed by atoms with Gasteiger partial charge in [0.1, 0.15) is 5.75 Å². The average molecular weight is 366 g/mol. The van der Waals surface area contributed by atoms with Crippen LogP contribution in [0.25, 0.3) is 0 Å². The number of hydrogen-bond acceptors (Lipinski definition) is 5. The smallest absolute Gasteiger partial charge is 0.241 e. The first-order valence-corrected chi connectivity index (χ1v) is 9.28. The lowest BCUT2D eigenvalue weighted by Gasteiger charge is -2.34. The number of carbonyl (C=O) groups excluding carboxylic acids is 1. The number of phenols is 1. The minimum atomic E-state index is -0.0863. The molecule has 1 aliphatic rings. The van der Waals surface area contributed by atoms with Gasteiger partial charge >= 0.3 is 0 Å². The summed E-state index contributed by atoms with van der Waals surface area (Å²) in [5.74, 6) is 0.122. The average Bonchev–Trinajstić information content (AvgIpc) is 2.70. The molecule has 0 spiro atoms. The van der Waals surface area contributed by atoms with Crippen molar-refractivity contribution in [1.82, 2.24) is 15.2 Å². The van der Waals surface area contributed by atoms with Crippen molar-refractivity contribution < 1.29 is 9.90 Å². The molecule has 6 nitrogen and oxygen atoms in total. The highest BCUT2D eigenvalue weighted by Gasteiger charge is 2.17. The maximum absolute atomic E-state index is 11.9. The third-order valence-corrected chi connectivity index (χ3v) is 4.66. The fraction of sp³-hybridized carbons (Fsp3) is 0.333. The van der Waals surface area contributed by atoms with Crippen LogP contribution in [0.15, 0.2) is 59.7 Å². The van der Waals surface area contributed by atoms with Crippen LogP contribution in [-0.4, -0.2) is 59.8 Å². The van der Waals surface area contributed by atoms with Gasteiger partial charge in [-0.2, -0.15) is 5.10 Å². The molecule has 6 heteroatoms. The number of amides is 1. The lowest BCUT2D eigenvalue weighted by atomic mass is 10.2. The number of nitrogens with zero attached hydrogens (tertiary/aromatic N) is 3. The van der Waals surface area contributed by atoms with Gasteiger partial charge in [0.25, 0.3) is 0 Å². The largest absolute Gasteiger partial charge is 0.508 e. The summed E-state index contributed by atoms with van der Waals surface area (Å²) in [5.41, 5.74) is 4.72. The van der Waals surface area contributed by atoms with E-state index in [2.05, 4.69) is 44.6 Å². The van der Waals surface area contributed by atoms with E-state index in [0.29, 0.717) is 6.42 Å². The fourth-order valence-electron chi connectivity index (χ4n) is 3.07. The van der Waals surface area contributed by atoms with Crippen LogP contribution in [0.5, 0.6) is 5.75 Å². The molecule has 27 heavy (non-hydrogen) atoms. The van der Waals surface area contributed by atoms with Crippen LogP contribution in [-0.2, 0) is 11.3 Å². The van der Waals surface area contributed by atoms with E-state index in [1.165, 1.54) is 5.56 Å². The zero-order valence-electron chi connectivity index (χ0n) is 15.4. The van der Waals surface area contributed by atoms with Crippen molar-refractivity contribution >= 4 is 12.1 Å². The molecule has 0 aliphatic carbocycles. The molecule has 2 aromatic rings. The van der Waals surface area contributed by atoms with Gasteiger partial charge in [-0.05, 0) is 35.4 Å². The number of piperazine rings is 1. The molecule has 0 bridgehead atoms. The monoisotopic (exact) mass is 366 g/mol. The predicted molar refractivity (Wildman–Crippen MR) is 107 cm³/mol. The molecular formula is C21H26N4O2. The maximum atomic E-state index is 11.9. The molecule has 1 fully saturated rings. The van der Waals surface area contributed by atoms with Crippen LogP contribution in [0.3, 0.4) is 0 Å². The Bertz CT molecular complexity index is 739. The van der Waals surface area contributed by atoms with Gasteiger partial charge in [-0.15, -0.1) is 0 Å². The molecule has 2 aromatic carbocycles. The topological polar surface area (TPSA) is 68.2 Å². The summed E-state index contributed by atoms with van der Waals surface area (Å²) in [6.45, 7) is 5.75. The summed E-state index contributed by atoms with van der Waals surface area (Å²) in [6, 6.07) is 17.2. The van der Waals surface area contributed by atoms with Crippen LogP contribution >= 0.6 is 0 Å². The van der Waals surface area contributed by atoms with Crippen molar-refractivity contribution in [3.8, 4) is 5.75 Å². The first kappa shape index (κ1) is 19.1. The van der Waals surface area contributed by atoms with E-state index >= 15 is 0 Å². The van der Waals surface area contributed by atoms with E-state index in [4.69, 9.17) is 0 Å². The fourth-order valence-corrected chi connectivity index (χ4v) is 3.07. The SMILES string of the molecule is O=C(CCN1CCN(Cc2ccccc2)CC1)N/N=C/c1ccc(O)cc1. The highest BCUT2D eigenvalue weighted by atomic mass is 16.3. The normalized spacial score (nSPS) is 15.9. The molecule has 0 saturated carbocycles. The first-order chi connectivity index (χ1) is 13.2. The summed E-state index contributed by atoms with van der Waals surface area (Å²) >= 11 is 0. The minimum absolute atomic E-state index is 0.0863. The second-order valence-corrected chi connectivity index (χ2v) is 6.74. The number of hydrazone groups is 1. The van der Waals surface area contributed by atoms with E-state index in [1.54, 1.807) is 30.5 Å². The number of benzene rings is 2. The Kier molecular flexibility index (Phi) is 6.96. The molecule has 0 atom stereocenters. The number of rotatable bonds is 7. The number of hydrogen-bond donors (Lipinski definition) is 2. The second kappa shape index (κ2) is 9.85. The molecule has 1 heterocycles. The summed E-state index contributed by atoms with van der Waals surface area (Å²) in [4.78, 5) is 16.7. The molecule has 2 N–H and O–H groups in total. The van der Waals surface area contributed by atoms with Gasteiger partial charge in [-0.25, -0.2) is 5.43 Å². The van der Waals surface area contributed by atoms with Gasteiger partial charge in [-0.3, -0.25) is 9.69 Å². The van der Waals surface area contributed by atoms with Crippen LogP contribution in [0, 0.1) is 0 Å². The van der Waals surface area contributed by atoms with Gasteiger partial charge < -0.3 is 10.0 Å². The summed E-state index contributed by atoms with van der Waals surface area (Å²) in [7, 11) is 0. The Labute approximate surface area is 160 Å². The van der Waals surface area contributed by atoms with Crippen LogP contribution in [0.4, 0.5) is 0 Å². The van der Waals surface area contributed by atoms with Gasteiger partial charge in [0.15, 0.2) is 0 Å². The molecule has 0 radical (unpaired) electrons. The Morgan fingerprint density at radius 2 is 1.67 bits per heavy atom. The van der Waals surface area contributed by atoms with Crippen molar-refractivity contribution in [2.75, 3.05) is 32.7 Å². The number of nitrogens with one attached hydrogen (secondary N) is 1. The Morgan fingerprint density at radius 3 is 2.37 bits per heavy atom. The Hall–Kier alpha value is -2.70. The van der Waals surface area contributed by atoms with Gasteiger partial charge in [-0.1, -0.05) is 30.3 Å². The zero-order valence-corrected chi connectivity index (χ0v) is 15.4. The van der Waals surface area contributed by atoms with E-state index in [1.807, 2.05) is 6.07 Å². The Morgan fingerprint density at radius 1 is 1.00 bits per heavy atom. The summed E-state index contributed by atoms with van der Waals surface area (Å²) in [6.07, 6.45) is 2.01. The van der Waals surface area contributed by atoms with E-state index in [-0.39, 0.29) is 11.7 Å². The van der Waals surface area contributed by atoms with E-state index in [0.717, 1.165) is 44.8 Å². The van der Waals surface area contributed by atoms with Gasteiger partial charge in [0.05, 0.1) is 6.21 Å². The van der Waals surface area contributed by atoms with Gasteiger partial charge in [0, 0.05) is 45.7 Å². The molecule has 1 aliphatic heterocycles. The molecule has 1 saturated heterocycles. The first-order valence-electron chi connectivity index (χ1n) is 9.28. The van der Waals surface area contributed by atoms with Crippen molar-refractivity contribution in [3.63, 3.8) is 0 Å². The van der Waals surface area contributed by atoms with Crippen LogP contribution < -0.4 is 5.43 Å². The predicted octanol–water partition coefficient (Wildman–Crippen LogP) is 2.05. The standard InChI is InChI=1S/C21H26N4O2/c26-20-8-6-18(7-9-20)16-22-23-21(27)10-11-24-12-14-25(15-13-24)17-19-4-2-1-3-5-19/h1-9,16,26H,10-15,17H2,(H,23,27)/b22-16+. The molecule has 3 rings (SSSR count). The van der Waals surface area contributed by atoms with E-state index in [9.17, 15) is 9.90 Å². The van der Waals surface area contributed by atoms with Crippen LogP contribution in [0.2, 0.25) is 0 Å². The lowest BCUT2D eigenvalue weighted by molar-refractivity contribution is -0.121.